The van der Waals surface area contributed by atoms with Crippen LogP contribution in [0.5, 0.6) is 0 Å². The van der Waals surface area contributed by atoms with Gasteiger partial charge in [0.25, 0.3) is 5.92 Å². The number of alkyl halides is 2. The highest BCUT2D eigenvalue weighted by Crippen LogP contribution is 2.53. The van der Waals surface area contributed by atoms with Crippen molar-refractivity contribution in [3.05, 3.63) is 71.0 Å². The first-order valence-electron chi connectivity index (χ1n) is 9.24. The van der Waals surface area contributed by atoms with Crippen LogP contribution in [0.3, 0.4) is 0 Å². The first-order chi connectivity index (χ1) is 13.3. The van der Waals surface area contributed by atoms with Crippen LogP contribution in [-0.2, 0) is 12.0 Å². The summed E-state index contributed by atoms with van der Waals surface area (Å²) in [6.45, 7) is -0.0993. The first kappa shape index (κ1) is 18.8. The molecular formula is C21H22F3N3O. The highest BCUT2D eigenvalue weighted by Gasteiger charge is 2.62. The molecule has 1 unspecified atom stereocenters. The fourth-order valence-electron chi connectivity index (χ4n) is 4.96. The van der Waals surface area contributed by atoms with Gasteiger partial charge in [-0.25, -0.2) is 18.0 Å². The number of likely N-dealkylation sites (tertiary alicyclic amines) is 1. The maximum atomic E-state index is 15.3. The zero-order valence-electron chi connectivity index (χ0n) is 15.5. The van der Waals surface area contributed by atoms with Gasteiger partial charge in [-0.1, -0.05) is 36.4 Å². The van der Waals surface area contributed by atoms with Gasteiger partial charge in [0, 0.05) is 13.1 Å². The quantitative estimate of drug-likeness (QED) is 0.858. The zero-order chi connectivity index (χ0) is 20.1. The summed E-state index contributed by atoms with van der Waals surface area (Å²) < 4.78 is 44.2. The molecule has 0 radical (unpaired) electrons. The van der Waals surface area contributed by atoms with Gasteiger partial charge in [0.05, 0.1) is 12.5 Å². The first-order valence-corrected chi connectivity index (χ1v) is 9.24. The Kier molecular flexibility index (Phi) is 4.38. The molecule has 2 aliphatic rings. The number of primary amides is 1. The maximum absolute atomic E-state index is 15.3. The van der Waals surface area contributed by atoms with Crippen molar-refractivity contribution in [2.45, 2.75) is 17.9 Å². The van der Waals surface area contributed by atoms with Gasteiger partial charge in [0.2, 0.25) is 0 Å². The summed E-state index contributed by atoms with van der Waals surface area (Å²) >= 11 is 0. The minimum absolute atomic E-state index is 0.0858. The minimum Gasteiger partial charge on any atom is -0.351 e. The van der Waals surface area contributed by atoms with Gasteiger partial charge < -0.3 is 10.6 Å². The molecule has 0 bridgehead atoms. The largest absolute Gasteiger partial charge is 0.351 e. The van der Waals surface area contributed by atoms with Crippen LogP contribution in [0, 0.1) is 11.7 Å². The van der Waals surface area contributed by atoms with Crippen molar-refractivity contribution in [1.82, 2.24) is 9.80 Å². The fraction of sp³-hybridized carbons (Fsp3) is 0.381. The number of benzene rings is 2. The van der Waals surface area contributed by atoms with Gasteiger partial charge in [-0.05, 0) is 42.3 Å². The van der Waals surface area contributed by atoms with Crippen molar-refractivity contribution in [2.75, 3.05) is 26.7 Å². The van der Waals surface area contributed by atoms with Crippen LogP contribution < -0.4 is 5.73 Å². The van der Waals surface area contributed by atoms with Crippen LogP contribution in [-0.4, -0.2) is 48.4 Å². The Morgan fingerprint density at radius 3 is 2.43 bits per heavy atom. The summed E-state index contributed by atoms with van der Waals surface area (Å²) in [5.74, 6) is -4.74. The predicted octanol–water partition coefficient (Wildman–Crippen LogP) is 3.20. The third kappa shape index (κ3) is 2.68. The lowest BCUT2D eigenvalue weighted by molar-refractivity contribution is -0.0771. The number of halogens is 3. The second-order valence-corrected chi connectivity index (χ2v) is 7.68. The number of hydrogen-bond donors (Lipinski definition) is 1. The smallest absolute Gasteiger partial charge is 0.315 e. The normalized spacial score (nSPS) is 26.9. The molecule has 0 aliphatic carbocycles. The molecule has 4 rings (SSSR count). The van der Waals surface area contributed by atoms with Gasteiger partial charge in [0.1, 0.15) is 11.4 Å². The van der Waals surface area contributed by atoms with Gasteiger partial charge in [0.15, 0.2) is 0 Å². The molecule has 2 aliphatic heterocycles. The SMILES string of the molecule is CN1C[C@H](C2(c3ccc(F)cc3)c3ccccc3CCN2C(N)=O)C(F)(F)C1. The minimum atomic E-state index is -3.05. The Balaban J connectivity index is 2.07. The van der Waals surface area contributed by atoms with Gasteiger partial charge >= 0.3 is 6.03 Å². The molecule has 7 heteroatoms. The summed E-state index contributed by atoms with van der Waals surface area (Å²) in [5, 5.41) is 0. The summed E-state index contributed by atoms with van der Waals surface area (Å²) in [5.41, 5.74) is 6.22. The van der Waals surface area contributed by atoms with E-state index in [-0.39, 0.29) is 13.1 Å². The highest BCUT2D eigenvalue weighted by molar-refractivity contribution is 5.75. The monoisotopic (exact) mass is 389 g/mol. The lowest BCUT2D eigenvalue weighted by Crippen LogP contribution is -2.62. The molecule has 1 saturated heterocycles. The Morgan fingerprint density at radius 1 is 1.14 bits per heavy atom. The van der Waals surface area contributed by atoms with Crippen LogP contribution in [0.4, 0.5) is 18.0 Å². The van der Waals surface area contributed by atoms with E-state index in [9.17, 15) is 9.18 Å². The molecule has 0 spiro atoms. The zero-order valence-corrected chi connectivity index (χ0v) is 15.5. The standard InChI is InChI=1S/C21H22F3N3O/c1-26-12-18(20(23,24)13-26)21(15-6-8-16(22)9-7-15)17-5-3-2-4-14(17)10-11-27(21)19(25)28/h2-9,18H,10-13H2,1H3,(H2,25,28)/t18-,21?/m0/s1. The maximum Gasteiger partial charge on any atom is 0.315 e. The van der Waals surface area contributed by atoms with E-state index in [2.05, 4.69) is 0 Å². The summed E-state index contributed by atoms with van der Waals surface area (Å²) in [4.78, 5) is 15.4. The topological polar surface area (TPSA) is 49.6 Å². The van der Waals surface area contributed by atoms with Crippen molar-refractivity contribution < 1.29 is 18.0 Å². The molecule has 28 heavy (non-hydrogen) atoms. The van der Waals surface area contributed by atoms with Crippen molar-refractivity contribution in [2.24, 2.45) is 11.7 Å². The van der Waals surface area contributed by atoms with Crippen LogP contribution in [0.1, 0.15) is 16.7 Å². The van der Waals surface area contributed by atoms with E-state index in [1.807, 2.05) is 12.1 Å². The number of nitrogens with zero attached hydrogens (tertiary/aromatic N) is 2. The number of amides is 2. The summed E-state index contributed by atoms with van der Waals surface area (Å²) in [7, 11) is 1.63. The van der Waals surface area contributed by atoms with E-state index >= 15 is 8.78 Å². The van der Waals surface area contributed by atoms with Crippen LogP contribution in [0.25, 0.3) is 0 Å². The molecule has 2 N–H and O–H groups in total. The fourth-order valence-corrected chi connectivity index (χ4v) is 4.96. The van der Waals surface area contributed by atoms with Crippen LogP contribution in [0.15, 0.2) is 48.5 Å². The lowest BCUT2D eigenvalue weighted by Gasteiger charge is -2.52. The van der Waals surface area contributed by atoms with E-state index in [1.54, 1.807) is 24.1 Å². The van der Waals surface area contributed by atoms with Crippen molar-refractivity contribution in [1.29, 1.82) is 0 Å². The average Bonchev–Trinajstić information content (AvgIpc) is 2.93. The summed E-state index contributed by atoms with van der Waals surface area (Å²) in [6, 6.07) is 12.0. The van der Waals surface area contributed by atoms with Crippen molar-refractivity contribution in [3.8, 4) is 0 Å². The molecule has 4 nitrogen and oxygen atoms in total. The summed E-state index contributed by atoms with van der Waals surface area (Å²) in [6.07, 6.45) is 0.524. The Morgan fingerprint density at radius 2 is 1.82 bits per heavy atom. The Hall–Kier alpha value is -2.54. The number of carbonyl (C=O) groups is 1. The van der Waals surface area contributed by atoms with Crippen molar-refractivity contribution in [3.63, 3.8) is 0 Å². The second kappa shape index (κ2) is 6.51. The second-order valence-electron chi connectivity index (χ2n) is 7.68. The van der Waals surface area contributed by atoms with Gasteiger partial charge in [-0.2, -0.15) is 0 Å². The molecule has 0 saturated carbocycles. The number of carbonyl (C=O) groups excluding carboxylic acids is 1. The molecule has 1 fully saturated rings. The predicted molar refractivity (Wildman–Crippen MR) is 99.5 cm³/mol. The van der Waals surface area contributed by atoms with E-state index in [4.69, 9.17) is 5.73 Å². The Labute approximate surface area is 161 Å². The van der Waals surface area contributed by atoms with Gasteiger partial charge in [-0.15, -0.1) is 0 Å². The molecule has 2 aromatic carbocycles. The van der Waals surface area contributed by atoms with Crippen LogP contribution in [0.2, 0.25) is 0 Å². The molecular weight excluding hydrogens is 367 g/mol. The van der Waals surface area contributed by atoms with E-state index in [0.29, 0.717) is 17.5 Å². The Bertz CT molecular complexity index is 902. The van der Waals surface area contributed by atoms with Gasteiger partial charge in [-0.3, -0.25) is 4.90 Å². The molecule has 148 valence electrons. The number of urea groups is 1. The van der Waals surface area contributed by atoms with Crippen LogP contribution >= 0.6 is 0 Å². The average molecular weight is 389 g/mol. The van der Waals surface area contributed by atoms with E-state index in [1.165, 1.54) is 29.2 Å². The number of fused-ring (bicyclic) bond motifs is 1. The number of hydrogen-bond acceptors (Lipinski definition) is 2. The highest BCUT2D eigenvalue weighted by atomic mass is 19.3. The number of rotatable bonds is 2. The third-order valence-corrected chi connectivity index (χ3v) is 6.00. The van der Waals surface area contributed by atoms with E-state index < -0.39 is 35.8 Å². The molecule has 2 aromatic rings. The molecule has 0 aromatic heterocycles. The molecule has 2 amide bonds. The molecule has 2 heterocycles. The number of nitrogens with two attached hydrogens (primary N) is 1. The third-order valence-electron chi connectivity index (χ3n) is 6.00. The van der Waals surface area contributed by atoms with Crippen molar-refractivity contribution >= 4 is 6.03 Å². The lowest BCUT2D eigenvalue weighted by atomic mass is 9.66. The molecule has 2 atom stereocenters. The van der Waals surface area contributed by atoms with E-state index in [0.717, 1.165) is 5.56 Å².